The molecule has 0 aliphatic carbocycles. The lowest BCUT2D eigenvalue weighted by molar-refractivity contribution is 0.761. The molecule has 0 radical (unpaired) electrons. The molecule has 1 heterocycles. The molecule has 0 atom stereocenters. The van der Waals surface area contributed by atoms with Crippen LogP contribution in [0.25, 0.3) is 0 Å². The number of hydrogen-bond acceptors (Lipinski definition) is 3. The van der Waals surface area contributed by atoms with Crippen molar-refractivity contribution in [2.45, 2.75) is 34.2 Å². The van der Waals surface area contributed by atoms with Crippen molar-refractivity contribution < 1.29 is 0 Å². The van der Waals surface area contributed by atoms with Crippen LogP contribution in [0.5, 0.6) is 0 Å². The Hall–Kier alpha value is -0.670. The van der Waals surface area contributed by atoms with Crippen LogP contribution in [-0.2, 0) is 6.54 Å². The van der Waals surface area contributed by atoms with E-state index >= 15 is 0 Å². The zero-order chi connectivity index (χ0) is 10.6. The van der Waals surface area contributed by atoms with Gasteiger partial charge in [0.05, 0.1) is 10.7 Å². The highest BCUT2D eigenvalue weighted by molar-refractivity contribution is 7.11. The molecule has 0 bridgehead atoms. The van der Waals surface area contributed by atoms with Crippen molar-refractivity contribution in [3.63, 3.8) is 0 Å². The van der Waals surface area contributed by atoms with Gasteiger partial charge in [-0.2, -0.15) is 0 Å². The van der Waals surface area contributed by atoms with Gasteiger partial charge < -0.3 is 5.32 Å². The van der Waals surface area contributed by atoms with E-state index < -0.39 is 0 Å². The van der Waals surface area contributed by atoms with E-state index in [1.165, 1.54) is 10.5 Å². The lowest BCUT2D eigenvalue weighted by Gasteiger charge is -1.99. The normalized spacial score (nSPS) is 10.3. The molecule has 0 fully saturated rings. The van der Waals surface area contributed by atoms with Gasteiger partial charge in [-0.15, -0.1) is 11.3 Å². The Balaban J connectivity index is 2.38. The van der Waals surface area contributed by atoms with Crippen LogP contribution in [0.2, 0.25) is 0 Å². The molecule has 14 heavy (non-hydrogen) atoms. The van der Waals surface area contributed by atoms with Crippen molar-refractivity contribution in [2.75, 3.05) is 6.54 Å². The van der Waals surface area contributed by atoms with Gasteiger partial charge in [0, 0.05) is 18.0 Å². The third kappa shape index (κ3) is 3.60. The fourth-order valence-corrected chi connectivity index (χ4v) is 2.11. The average molecular weight is 210 g/mol. The summed E-state index contributed by atoms with van der Waals surface area (Å²) in [5.74, 6) is 0. The van der Waals surface area contributed by atoms with Crippen molar-refractivity contribution in [3.8, 4) is 0 Å². The van der Waals surface area contributed by atoms with E-state index in [4.69, 9.17) is 0 Å². The number of nitrogens with zero attached hydrogens (tertiary/aromatic N) is 1. The minimum Gasteiger partial charge on any atom is -0.308 e. The Bertz CT molecular complexity index is 322. The van der Waals surface area contributed by atoms with Crippen LogP contribution < -0.4 is 5.32 Å². The molecule has 0 saturated heterocycles. The lowest BCUT2D eigenvalue weighted by atomic mass is 10.3. The molecule has 1 aromatic rings. The van der Waals surface area contributed by atoms with E-state index in [1.807, 2.05) is 0 Å². The van der Waals surface area contributed by atoms with Gasteiger partial charge in [-0.05, 0) is 27.7 Å². The van der Waals surface area contributed by atoms with Gasteiger partial charge in [-0.25, -0.2) is 4.98 Å². The molecule has 2 nitrogen and oxygen atoms in total. The number of aromatic nitrogens is 1. The summed E-state index contributed by atoms with van der Waals surface area (Å²) in [5.41, 5.74) is 2.52. The van der Waals surface area contributed by atoms with Gasteiger partial charge in [0.1, 0.15) is 0 Å². The molecular weight excluding hydrogens is 192 g/mol. The summed E-state index contributed by atoms with van der Waals surface area (Å²) in [5, 5.41) is 4.54. The van der Waals surface area contributed by atoms with Gasteiger partial charge in [0.25, 0.3) is 0 Å². The standard InChI is InChI=1S/C11H18N2S/c1-8(2)5-6-12-7-11-9(3)13-10(4)14-11/h5,12H,6-7H2,1-4H3. The Morgan fingerprint density at radius 3 is 2.64 bits per heavy atom. The minimum absolute atomic E-state index is 0.932. The van der Waals surface area contributed by atoms with Crippen molar-refractivity contribution >= 4 is 11.3 Å². The molecular formula is C11H18N2S. The van der Waals surface area contributed by atoms with E-state index in [9.17, 15) is 0 Å². The quantitative estimate of drug-likeness (QED) is 0.610. The number of thiazole rings is 1. The zero-order valence-corrected chi connectivity index (χ0v) is 10.2. The molecule has 78 valence electrons. The summed E-state index contributed by atoms with van der Waals surface area (Å²) in [6.45, 7) is 10.2. The molecule has 0 amide bonds. The summed E-state index contributed by atoms with van der Waals surface area (Å²) in [7, 11) is 0. The first-order valence-corrected chi connectivity index (χ1v) is 5.68. The second-order valence-electron chi connectivity index (χ2n) is 3.65. The van der Waals surface area contributed by atoms with Crippen molar-refractivity contribution in [1.82, 2.24) is 10.3 Å². The largest absolute Gasteiger partial charge is 0.308 e. The van der Waals surface area contributed by atoms with Crippen LogP contribution in [-0.4, -0.2) is 11.5 Å². The van der Waals surface area contributed by atoms with E-state index in [0.29, 0.717) is 0 Å². The molecule has 0 spiro atoms. The second kappa shape index (κ2) is 5.27. The molecule has 0 aliphatic heterocycles. The maximum Gasteiger partial charge on any atom is 0.0900 e. The summed E-state index contributed by atoms with van der Waals surface area (Å²) in [6.07, 6.45) is 2.20. The molecule has 0 aromatic carbocycles. The van der Waals surface area contributed by atoms with Crippen LogP contribution >= 0.6 is 11.3 Å². The summed E-state index contributed by atoms with van der Waals surface area (Å²) in [4.78, 5) is 5.74. The molecule has 1 N–H and O–H groups in total. The fourth-order valence-electron chi connectivity index (χ4n) is 1.20. The van der Waals surface area contributed by atoms with Crippen LogP contribution in [0.4, 0.5) is 0 Å². The molecule has 0 unspecified atom stereocenters. The predicted molar refractivity (Wildman–Crippen MR) is 62.7 cm³/mol. The predicted octanol–water partition coefficient (Wildman–Crippen LogP) is 2.82. The van der Waals surface area contributed by atoms with Gasteiger partial charge in [0.2, 0.25) is 0 Å². The van der Waals surface area contributed by atoms with E-state index in [1.54, 1.807) is 11.3 Å². The maximum absolute atomic E-state index is 4.39. The minimum atomic E-state index is 0.932. The third-order valence-electron chi connectivity index (χ3n) is 1.94. The number of aryl methyl sites for hydroxylation is 2. The molecule has 1 rings (SSSR count). The monoisotopic (exact) mass is 210 g/mol. The van der Waals surface area contributed by atoms with Gasteiger partial charge in [-0.1, -0.05) is 11.6 Å². The highest BCUT2D eigenvalue weighted by atomic mass is 32.1. The van der Waals surface area contributed by atoms with Gasteiger partial charge in [0.15, 0.2) is 0 Å². The molecule has 3 heteroatoms. The number of nitrogens with one attached hydrogen (secondary N) is 1. The van der Waals surface area contributed by atoms with Crippen LogP contribution in [0.1, 0.15) is 29.4 Å². The Kier molecular flexibility index (Phi) is 4.29. The highest BCUT2D eigenvalue weighted by Gasteiger charge is 2.02. The Morgan fingerprint density at radius 2 is 2.14 bits per heavy atom. The van der Waals surface area contributed by atoms with Crippen LogP contribution in [0.15, 0.2) is 11.6 Å². The SMILES string of the molecule is CC(C)=CCNCc1sc(C)nc1C. The summed E-state index contributed by atoms with van der Waals surface area (Å²) in [6, 6.07) is 0. The average Bonchev–Trinajstić information content (AvgIpc) is 2.39. The van der Waals surface area contributed by atoms with Gasteiger partial charge >= 0.3 is 0 Å². The van der Waals surface area contributed by atoms with Gasteiger partial charge in [-0.3, -0.25) is 0 Å². The van der Waals surface area contributed by atoms with E-state index in [2.05, 4.69) is 44.1 Å². The first-order chi connectivity index (χ1) is 6.59. The number of allylic oxidation sites excluding steroid dienone is 1. The van der Waals surface area contributed by atoms with Crippen LogP contribution in [0, 0.1) is 13.8 Å². The van der Waals surface area contributed by atoms with Crippen molar-refractivity contribution in [1.29, 1.82) is 0 Å². The van der Waals surface area contributed by atoms with Crippen molar-refractivity contribution in [2.24, 2.45) is 0 Å². The van der Waals surface area contributed by atoms with E-state index in [0.717, 1.165) is 23.8 Å². The first kappa shape index (κ1) is 11.4. The van der Waals surface area contributed by atoms with Crippen LogP contribution in [0.3, 0.4) is 0 Å². The smallest absolute Gasteiger partial charge is 0.0900 e. The summed E-state index contributed by atoms with van der Waals surface area (Å²) >= 11 is 1.78. The zero-order valence-electron chi connectivity index (χ0n) is 9.35. The Morgan fingerprint density at radius 1 is 1.43 bits per heavy atom. The lowest BCUT2D eigenvalue weighted by Crippen LogP contribution is -2.12. The first-order valence-electron chi connectivity index (χ1n) is 4.86. The maximum atomic E-state index is 4.39. The number of hydrogen-bond donors (Lipinski definition) is 1. The second-order valence-corrected chi connectivity index (χ2v) is 4.94. The number of rotatable bonds is 4. The molecule has 0 saturated carbocycles. The summed E-state index contributed by atoms with van der Waals surface area (Å²) < 4.78 is 0. The van der Waals surface area contributed by atoms with E-state index in [-0.39, 0.29) is 0 Å². The topological polar surface area (TPSA) is 24.9 Å². The molecule has 0 aliphatic rings. The third-order valence-corrected chi connectivity index (χ3v) is 3.01. The highest BCUT2D eigenvalue weighted by Crippen LogP contribution is 2.16. The molecule has 1 aromatic heterocycles. The fraction of sp³-hybridized carbons (Fsp3) is 0.545. The van der Waals surface area contributed by atoms with Crippen molar-refractivity contribution in [3.05, 3.63) is 27.2 Å². The Labute approximate surface area is 90.1 Å².